The maximum absolute atomic E-state index is 12.0. The quantitative estimate of drug-likeness (QED) is 0.657. The molecule has 2 rings (SSSR count). The third kappa shape index (κ3) is 3.16. The lowest BCUT2D eigenvalue weighted by Gasteiger charge is -2.36. The lowest BCUT2D eigenvalue weighted by Crippen LogP contribution is -2.54. The van der Waals surface area contributed by atoms with Gasteiger partial charge >= 0.3 is 12.0 Å². The summed E-state index contributed by atoms with van der Waals surface area (Å²) in [6.07, 6.45) is 1.04. The largest absolute Gasteiger partial charge is 0.480 e. The van der Waals surface area contributed by atoms with Crippen LogP contribution in [0, 0.1) is 0 Å². The summed E-state index contributed by atoms with van der Waals surface area (Å²) in [5.74, 6) is -1.08. The highest BCUT2D eigenvalue weighted by atomic mass is 16.5. The Balaban J connectivity index is 1.81. The summed E-state index contributed by atoms with van der Waals surface area (Å²) < 4.78 is 5.39. The number of aliphatic hydroxyl groups is 1. The number of carboxylic acids is 1. The van der Waals surface area contributed by atoms with Gasteiger partial charge in [0.1, 0.15) is 6.04 Å². The first-order valence-electron chi connectivity index (χ1n) is 6.60. The molecule has 0 radical (unpaired) electrons. The van der Waals surface area contributed by atoms with Crippen LogP contribution in [0.15, 0.2) is 0 Å². The lowest BCUT2D eigenvalue weighted by atomic mass is 9.89. The number of likely N-dealkylation sites (tertiary alicyclic amines) is 1. The van der Waals surface area contributed by atoms with Gasteiger partial charge in [0.15, 0.2) is 0 Å². The molecule has 0 aromatic heterocycles. The van der Waals surface area contributed by atoms with Gasteiger partial charge < -0.3 is 25.2 Å². The summed E-state index contributed by atoms with van der Waals surface area (Å²) >= 11 is 0. The minimum Gasteiger partial charge on any atom is -0.480 e. The highest BCUT2D eigenvalue weighted by molar-refractivity contribution is 5.83. The molecule has 1 saturated carbocycles. The Morgan fingerprint density at radius 3 is 2.63 bits per heavy atom. The number of ether oxygens (including phenoxy) is 1. The lowest BCUT2D eigenvalue weighted by molar-refractivity contribution is -0.141. The second-order valence-electron chi connectivity index (χ2n) is 5.09. The Labute approximate surface area is 111 Å². The van der Waals surface area contributed by atoms with Gasteiger partial charge in [0.2, 0.25) is 0 Å². The predicted molar refractivity (Wildman–Crippen MR) is 65.7 cm³/mol. The average Bonchev–Trinajstić information content (AvgIpc) is 2.68. The summed E-state index contributed by atoms with van der Waals surface area (Å²) in [5.41, 5.74) is 0. The number of hydrogen-bond donors (Lipinski definition) is 3. The van der Waals surface area contributed by atoms with E-state index in [-0.39, 0.29) is 25.1 Å². The van der Waals surface area contributed by atoms with Crippen LogP contribution in [0.25, 0.3) is 0 Å². The van der Waals surface area contributed by atoms with Gasteiger partial charge in [0.25, 0.3) is 0 Å². The topological polar surface area (TPSA) is 99.1 Å². The van der Waals surface area contributed by atoms with E-state index < -0.39 is 24.1 Å². The SMILES string of the molecule is CCOC1CC(NC(=O)N2C[C@H](O)C[C@@H]2C(=O)O)C1. The van der Waals surface area contributed by atoms with Crippen LogP contribution >= 0.6 is 0 Å². The van der Waals surface area contributed by atoms with Crippen LogP contribution in [0.4, 0.5) is 4.79 Å². The molecule has 2 amide bonds. The van der Waals surface area contributed by atoms with Crippen LogP contribution in [0.1, 0.15) is 26.2 Å². The number of rotatable bonds is 4. The number of carbonyl (C=O) groups is 2. The number of carboxylic acid groups (broad SMARTS) is 1. The normalized spacial score (nSPS) is 33.9. The molecule has 1 aliphatic carbocycles. The minimum atomic E-state index is -1.08. The monoisotopic (exact) mass is 272 g/mol. The summed E-state index contributed by atoms with van der Waals surface area (Å²) in [4.78, 5) is 24.2. The minimum absolute atomic E-state index is 0.0382. The summed E-state index contributed by atoms with van der Waals surface area (Å²) in [7, 11) is 0. The number of aliphatic carboxylic acids is 1. The van der Waals surface area contributed by atoms with Gasteiger partial charge in [-0.3, -0.25) is 0 Å². The van der Waals surface area contributed by atoms with Crippen molar-refractivity contribution in [2.75, 3.05) is 13.2 Å². The Morgan fingerprint density at radius 1 is 1.37 bits per heavy atom. The van der Waals surface area contributed by atoms with Crippen molar-refractivity contribution in [1.82, 2.24) is 10.2 Å². The molecule has 0 aromatic rings. The number of carbonyl (C=O) groups excluding carboxylic acids is 1. The van der Waals surface area contributed by atoms with Gasteiger partial charge in [0, 0.05) is 25.6 Å². The van der Waals surface area contributed by atoms with Gasteiger partial charge in [-0.1, -0.05) is 0 Å². The molecule has 1 aliphatic heterocycles. The van der Waals surface area contributed by atoms with E-state index in [1.54, 1.807) is 0 Å². The van der Waals surface area contributed by atoms with E-state index in [2.05, 4.69) is 5.32 Å². The molecule has 0 bridgehead atoms. The smallest absolute Gasteiger partial charge is 0.326 e. The van der Waals surface area contributed by atoms with Crippen LogP contribution in [0.3, 0.4) is 0 Å². The molecular formula is C12H20N2O5. The fourth-order valence-corrected chi connectivity index (χ4v) is 2.59. The van der Waals surface area contributed by atoms with Crippen molar-refractivity contribution in [3.05, 3.63) is 0 Å². The van der Waals surface area contributed by atoms with Crippen LogP contribution in [-0.4, -0.2) is 64.6 Å². The predicted octanol–water partition coefficient (Wildman–Crippen LogP) is -0.217. The molecule has 7 heteroatoms. The first-order valence-corrected chi connectivity index (χ1v) is 6.60. The van der Waals surface area contributed by atoms with Crippen LogP contribution in [-0.2, 0) is 9.53 Å². The first kappa shape index (κ1) is 14.1. The molecule has 1 heterocycles. The standard InChI is InChI=1S/C12H20N2O5/c1-2-19-9-3-7(4-9)13-12(18)14-6-8(15)5-10(14)11(16)17/h7-10,15H,2-6H2,1H3,(H,13,18)(H,16,17)/t7?,8-,9?,10-/m1/s1. The molecule has 0 spiro atoms. The fourth-order valence-electron chi connectivity index (χ4n) is 2.59. The number of hydrogen-bond acceptors (Lipinski definition) is 4. The fraction of sp³-hybridized carbons (Fsp3) is 0.833. The third-order valence-corrected chi connectivity index (χ3v) is 3.65. The van der Waals surface area contributed by atoms with Crippen LogP contribution in [0.2, 0.25) is 0 Å². The zero-order chi connectivity index (χ0) is 14.0. The van der Waals surface area contributed by atoms with Gasteiger partial charge in [-0.15, -0.1) is 0 Å². The van der Waals surface area contributed by atoms with Crippen molar-refractivity contribution in [3.63, 3.8) is 0 Å². The van der Waals surface area contributed by atoms with Gasteiger partial charge in [-0.25, -0.2) is 9.59 Å². The van der Waals surface area contributed by atoms with Gasteiger partial charge in [-0.05, 0) is 19.8 Å². The van der Waals surface area contributed by atoms with Crippen LogP contribution < -0.4 is 5.32 Å². The first-order chi connectivity index (χ1) is 9.01. The van der Waals surface area contributed by atoms with Crippen LogP contribution in [0.5, 0.6) is 0 Å². The summed E-state index contributed by atoms with van der Waals surface area (Å²) in [6.45, 7) is 2.66. The van der Waals surface area contributed by atoms with Crippen molar-refractivity contribution in [3.8, 4) is 0 Å². The molecule has 19 heavy (non-hydrogen) atoms. The molecule has 1 saturated heterocycles. The van der Waals surface area contributed by atoms with E-state index >= 15 is 0 Å². The Morgan fingerprint density at radius 2 is 2.05 bits per heavy atom. The molecule has 0 unspecified atom stereocenters. The van der Waals surface area contributed by atoms with Crippen molar-refractivity contribution >= 4 is 12.0 Å². The van der Waals surface area contributed by atoms with Gasteiger partial charge in [0.05, 0.1) is 12.2 Å². The molecule has 2 atom stereocenters. The average molecular weight is 272 g/mol. The van der Waals surface area contributed by atoms with E-state index in [4.69, 9.17) is 9.84 Å². The van der Waals surface area contributed by atoms with E-state index in [0.717, 1.165) is 12.8 Å². The Hall–Kier alpha value is -1.34. The molecular weight excluding hydrogens is 252 g/mol. The number of nitrogens with zero attached hydrogens (tertiary/aromatic N) is 1. The highest BCUT2D eigenvalue weighted by Gasteiger charge is 2.40. The Bertz CT molecular complexity index is 356. The zero-order valence-electron chi connectivity index (χ0n) is 10.9. The number of β-amino-alcohol motifs (C(OH)–C–C–N with tert-alkyl or cyclic N) is 1. The summed E-state index contributed by atoms with van der Waals surface area (Å²) in [6, 6.07) is -1.31. The second-order valence-corrected chi connectivity index (χ2v) is 5.09. The maximum Gasteiger partial charge on any atom is 0.326 e. The van der Waals surface area contributed by atoms with Gasteiger partial charge in [-0.2, -0.15) is 0 Å². The van der Waals surface area contributed by atoms with Crippen molar-refractivity contribution in [1.29, 1.82) is 0 Å². The van der Waals surface area contributed by atoms with E-state index in [0.29, 0.717) is 6.61 Å². The van der Waals surface area contributed by atoms with Crippen molar-refractivity contribution in [2.24, 2.45) is 0 Å². The van der Waals surface area contributed by atoms with E-state index in [1.807, 2.05) is 6.92 Å². The molecule has 2 aliphatic rings. The summed E-state index contributed by atoms with van der Waals surface area (Å²) in [5, 5.41) is 21.3. The molecule has 0 aromatic carbocycles. The molecule has 7 nitrogen and oxygen atoms in total. The molecule has 2 fully saturated rings. The van der Waals surface area contributed by atoms with E-state index in [1.165, 1.54) is 4.90 Å². The highest BCUT2D eigenvalue weighted by Crippen LogP contribution is 2.24. The molecule has 108 valence electrons. The number of nitrogens with one attached hydrogen (secondary N) is 1. The third-order valence-electron chi connectivity index (χ3n) is 3.65. The number of aliphatic hydroxyl groups excluding tert-OH is 1. The van der Waals surface area contributed by atoms with E-state index in [9.17, 15) is 14.7 Å². The zero-order valence-corrected chi connectivity index (χ0v) is 10.9. The maximum atomic E-state index is 12.0. The Kier molecular flexibility index (Phi) is 4.26. The van der Waals surface area contributed by atoms with Crippen molar-refractivity contribution < 1.29 is 24.5 Å². The second kappa shape index (κ2) is 5.75. The number of urea groups is 1. The molecule has 3 N–H and O–H groups in total. The van der Waals surface area contributed by atoms with Crippen molar-refractivity contribution in [2.45, 2.75) is 50.5 Å². The number of amides is 2.